The number of hydrogen-bond acceptors (Lipinski definition) is 4. The Kier molecular flexibility index (Phi) is 5.99. The Morgan fingerprint density at radius 3 is 2.19 bits per heavy atom. The van der Waals surface area contributed by atoms with Crippen LogP contribution in [0.2, 0.25) is 5.02 Å². The van der Waals surface area contributed by atoms with Gasteiger partial charge in [0.05, 0.1) is 24.8 Å². The molecule has 0 atom stereocenters. The van der Waals surface area contributed by atoms with Crippen LogP contribution in [-0.4, -0.2) is 20.2 Å². The summed E-state index contributed by atoms with van der Waals surface area (Å²) in [4.78, 5) is 12.3. The van der Waals surface area contributed by atoms with E-state index in [1.54, 1.807) is 6.07 Å². The highest BCUT2D eigenvalue weighted by atomic mass is 35.5. The van der Waals surface area contributed by atoms with Gasteiger partial charge in [0.15, 0.2) is 11.5 Å². The van der Waals surface area contributed by atoms with Gasteiger partial charge in [0.1, 0.15) is 6.61 Å². The number of carbonyl (C=O) groups is 1. The number of methoxy groups -OCH3 is 2. The molecule has 0 fully saturated rings. The molecule has 0 bridgehead atoms. The average Bonchev–Trinajstić information content (AvgIpc) is 2.72. The molecule has 0 N–H and O–H groups in total. The summed E-state index contributed by atoms with van der Waals surface area (Å²) < 4.78 is 15.8. The number of rotatable bonds is 6. The first-order chi connectivity index (χ1) is 13.1. The molecule has 138 valence electrons. The molecule has 0 heterocycles. The van der Waals surface area contributed by atoms with Crippen molar-refractivity contribution in [2.24, 2.45) is 0 Å². The lowest BCUT2D eigenvalue weighted by atomic mass is 10.0. The van der Waals surface area contributed by atoms with Crippen LogP contribution in [0.3, 0.4) is 0 Å². The van der Waals surface area contributed by atoms with Crippen molar-refractivity contribution in [1.29, 1.82) is 0 Å². The SMILES string of the molecule is COc1cc(C(=O)OCc2ccc(-c3ccccc3)cc2)cc(Cl)c1OC. The molecule has 3 aromatic carbocycles. The number of carbonyl (C=O) groups excluding carboxylic acids is 1. The Bertz CT molecular complexity index is 921. The third kappa shape index (κ3) is 4.41. The molecule has 0 radical (unpaired) electrons. The largest absolute Gasteiger partial charge is 0.493 e. The van der Waals surface area contributed by atoms with Crippen molar-refractivity contribution in [3.63, 3.8) is 0 Å². The Morgan fingerprint density at radius 1 is 0.889 bits per heavy atom. The fourth-order valence-corrected chi connectivity index (χ4v) is 2.98. The molecular weight excluding hydrogens is 364 g/mol. The Labute approximate surface area is 163 Å². The smallest absolute Gasteiger partial charge is 0.338 e. The second-order valence-electron chi connectivity index (χ2n) is 5.83. The number of hydrogen-bond donors (Lipinski definition) is 0. The van der Waals surface area contributed by atoms with E-state index in [1.165, 1.54) is 20.3 Å². The summed E-state index contributed by atoms with van der Waals surface area (Å²) in [7, 11) is 2.97. The molecular formula is C22H19ClO4. The lowest BCUT2D eigenvalue weighted by molar-refractivity contribution is 0.0472. The van der Waals surface area contributed by atoms with Crippen LogP contribution in [0.1, 0.15) is 15.9 Å². The van der Waals surface area contributed by atoms with Gasteiger partial charge in [0.2, 0.25) is 0 Å². The van der Waals surface area contributed by atoms with Crippen LogP contribution < -0.4 is 9.47 Å². The Morgan fingerprint density at radius 2 is 1.56 bits per heavy atom. The zero-order valence-electron chi connectivity index (χ0n) is 15.1. The quantitative estimate of drug-likeness (QED) is 0.537. The van der Waals surface area contributed by atoms with E-state index in [4.69, 9.17) is 25.8 Å². The van der Waals surface area contributed by atoms with E-state index in [-0.39, 0.29) is 11.6 Å². The van der Waals surface area contributed by atoms with Gasteiger partial charge in [-0.05, 0) is 28.8 Å². The van der Waals surface area contributed by atoms with Gasteiger partial charge in [-0.15, -0.1) is 0 Å². The van der Waals surface area contributed by atoms with Crippen molar-refractivity contribution in [2.45, 2.75) is 6.61 Å². The van der Waals surface area contributed by atoms with Gasteiger partial charge in [0.25, 0.3) is 0 Å². The topological polar surface area (TPSA) is 44.8 Å². The molecule has 0 amide bonds. The van der Waals surface area contributed by atoms with E-state index in [0.29, 0.717) is 17.1 Å². The minimum absolute atomic E-state index is 0.167. The summed E-state index contributed by atoms with van der Waals surface area (Å²) in [5.41, 5.74) is 3.45. The maximum atomic E-state index is 12.3. The zero-order valence-corrected chi connectivity index (χ0v) is 15.8. The van der Waals surface area contributed by atoms with Gasteiger partial charge in [-0.25, -0.2) is 4.79 Å². The summed E-state index contributed by atoms with van der Waals surface area (Å²) in [6.45, 7) is 0.167. The first-order valence-corrected chi connectivity index (χ1v) is 8.73. The van der Waals surface area contributed by atoms with Crippen LogP contribution in [0.5, 0.6) is 11.5 Å². The summed E-state index contributed by atoms with van der Waals surface area (Å²) >= 11 is 6.14. The standard InChI is InChI=1S/C22H19ClO4/c1-25-20-13-18(12-19(23)21(20)26-2)22(24)27-14-15-8-10-17(11-9-15)16-6-4-3-5-7-16/h3-13H,14H2,1-2H3. The summed E-state index contributed by atoms with van der Waals surface area (Å²) in [5, 5.41) is 0.288. The van der Waals surface area contributed by atoms with E-state index in [2.05, 4.69) is 12.1 Å². The van der Waals surface area contributed by atoms with Gasteiger partial charge >= 0.3 is 5.97 Å². The number of ether oxygens (including phenoxy) is 3. The molecule has 0 aromatic heterocycles. The van der Waals surface area contributed by atoms with Gasteiger partial charge in [-0.2, -0.15) is 0 Å². The van der Waals surface area contributed by atoms with Crippen LogP contribution in [0.15, 0.2) is 66.7 Å². The fraction of sp³-hybridized carbons (Fsp3) is 0.136. The maximum absolute atomic E-state index is 12.3. The zero-order chi connectivity index (χ0) is 19.2. The van der Waals surface area contributed by atoms with Crippen molar-refractivity contribution in [1.82, 2.24) is 0 Å². The van der Waals surface area contributed by atoms with Crippen LogP contribution in [-0.2, 0) is 11.3 Å². The Hall–Kier alpha value is -2.98. The van der Waals surface area contributed by atoms with Crippen LogP contribution >= 0.6 is 11.6 Å². The molecule has 3 rings (SSSR count). The third-order valence-corrected chi connectivity index (χ3v) is 4.38. The van der Waals surface area contributed by atoms with Crippen molar-refractivity contribution >= 4 is 17.6 Å². The normalized spacial score (nSPS) is 10.3. The summed E-state index contributed by atoms with van der Waals surface area (Å²) in [6, 6.07) is 21.0. The number of halogens is 1. The van der Waals surface area contributed by atoms with Gasteiger partial charge in [-0.3, -0.25) is 0 Å². The highest BCUT2D eigenvalue weighted by Gasteiger charge is 2.16. The van der Waals surface area contributed by atoms with E-state index in [1.807, 2.05) is 42.5 Å². The van der Waals surface area contributed by atoms with Crippen molar-refractivity contribution < 1.29 is 19.0 Å². The number of esters is 1. The molecule has 0 spiro atoms. The molecule has 0 saturated carbocycles. The van der Waals surface area contributed by atoms with Crippen molar-refractivity contribution in [3.8, 4) is 22.6 Å². The molecule has 0 unspecified atom stereocenters. The molecule has 0 aliphatic rings. The Balaban J connectivity index is 1.68. The van der Waals surface area contributed by atoms with Gasteiger partial charge < -0.3 is 14.2 Å². The number of benzene rings is 3. The maximum Gasteiger partial charge on any atom is 0.338 e. The van der Waals surface area contributed by atoms with Gasteiger partial charge in [-0.1, -0.05) is 66.2 Å². The molecule has 3 aromatic rings. The molecule has 27 heavy (non-hydrogen) atoms. The highest BCUT2D eigenvalue weighted by Crippen LogP contribution is 2.36. The lowest BCUT2D eigenvalue weighted by Gasteiger charge is -2.12. The van der Waals surface area contributed by atoms with Crippen LogP contribution in [0.25, 0.3) is 11.1 Å². The average molecular weight is 383 g/mol. The lowest BCUT2D eigenvalue weighted by Crippen LogP contribution is -2.06. The molecule has 0 aliphatic heterocycles. The van der Waals surface area contributed by atoms with Crippen LogP contribution in [0, 0.1) is 0 Å². The predicted molar refractivity (Wildman–Crippen MR) is 106 cm³/mol. The molecule has 0 aliphatic carbocycles. The first kappa shape index (κ1) is 18.8. The minimum Gasteiger partial charge on any atom is -0.493 e. The van der Waals surface area contributed by atoms with Gasteiger partial charge in [0, 0.05) is 0 Å². The molecule has 5 heteroatoms. The molecule has 0 saturated heterocycles. The predicted octanol–water partition coefficient (Wildman–Crippen LogP) is 5.38. The van der Waals surface area contributed by atoms with Crippen molar-refractivity contribution in [2.75, 3.05) is 14.2 Å². The second kappa shape index (κ2) is 8.60. The van der Waals surface area contributed by atoms with E-state index in [0.717, 1.165) is 16.7 Å². The first-order valence-electron chi connectivity index (χ1n) is 8.35. The van der Waals surface area contributed by atoms with E-state index in [9.17, 15) is 4.79 Å². The third-order valence-electron chi connectivity index (χ3n) is 4.10. The van der Waals surface area contributed by atoms with Crippen molar-refractivity contribution in [3.05, 3.63) is 82.9 Å². The van der Waals surface area contributed by atoms with E-state index < -0.39 is 5.97 Å². The van der Waals surface area contributed by atoms with Crippen LogP contribution in [0.4, 0.5) is 0 Å². The monoisotopic (exact) mass is 382 g/mol. The fourth-order valence-electron chi connectivity index (χ4n) is 2.69. The summed E-state index contributed by atoms with van der Waals surface area (Å²) in [5.74, 6) is 0.279. The summed E-state index contributed by atoms with van der Waals surface area (Å²) in [6.07, 6.45) is 0. The second-order valence-corrected chi connectivity index (χ2v) is 6.24. The van der Waals surface area contributed by atoms with E-state index >= 15 is 0 Å². The highest BCUT2D eigenvalue weighted by molar-refractivity contribution is 6.32. The molecule has 4 nitrogen and oxygen atoms in total. The minimum atomic E-state index is -0.481.